The maximum atomic E-state index is 11.9. The van der Waals surface area contributed by atoms with Crippen molar-refractivity contribution in [2.75, 3.05) is 18.9 Å². The highest BCUT2D eigenvalue weighted by Gasteiger charge is 2.11. The summed E-state index contributed by atoms with van der Waals surface area (Å²) in [5, 5.41) is 8.31. The van der Waals surface area contributed by atoms with Crippen LogP contribution < -0.4 is 16.0 Å². The first-order valence-corrected chi connectivity index (χ1v) is 6.25. The van der Waals surface area contributed by atoms with E-state index in [4.69, 9.17) is 0 Å². The quantitative estimate of drug-likeness (QED) is 0.708. The molecule has 1 rings (SSSR count). The maximum Gasteiger partial charge on any atom is 0.255 e. The molecule has 1 aromatic heterocycles. The summed E-state index contributed by atoms with van der Waals surface area (Å²) in [6.07, 6.45) is 1.87. The Morgan fingerprint density at radius 3 is 2.74 bits per heavy atom. The van der Waals surface area contributed by atoms with Crippen LogP contribution in [-0.4, -0.2) is 36.4 Å². The predicted molar refractivity (Wildman–Crippen MR) is 74.0 cm³/mol. The fourth-order valence-electron chi connectivity index (χ4n) is 1.57. The second-order valence-electron chi connectivity index (χ2n) is 4.38. The lowest BCUT2D eigenvalue weighted by atomic mass is 10.2. The van der Waals surface area contributed by atoms with Crippen LogP contribution >= 0.6 is 0 Å². The molecule has 0 atom stereocenters. The number of anilines is 1. The normalized spacial score (nSPS) is 10.1. The van der Waals surface area contributed by atoms with Gasteiger partial charge in [-0.25, -0.2) is 4.98 Å². The van der Waals surface area contributed by atoms with Crippen LogP contribution in [0.2, 0.25) is 0 Å². The van der Waals surface area contributed by atoms with E-state index in [1.165, 1.54) is 0 Å². The van der Waals surface area contributed by atoms with E-state index in [9.17, 15) is 9.59 Å². The molecule has 0 unspecified atom stereocenters. The van der Waals surface area contributed by atoms with Crippen molar-refractivity contribution < 1.29 is 9.59 Å². The molecule has 6 heteroatoms. The molecule has 0 aliphatic carbocycles. The number of aromatic nitrogens is 1. The van der Waals surface area contributed by atoms with E-state index in [-0.39, 0.29) is 24.3 Å². The van der Waals surface area contributed by atoms with Crippen LogP contribution in [0.4, 0.5) is 5.82 Å². The minimum atomic E-state index is -0.241. The third kappa shape index (κ3) is 4.95. The molecule has 0 bridgehead atoms. The Balaban J connectivity index is 2.45. The Kier molecular flexibility index (Phi) is 5.78. The second kappa shape index (κ2) is 7.35. The lowest BCUT2D eigenvalue weighted by molar-refractivity contribution is -0.121. The molecule has 0 fully saturated rings. The molecule has 1 heterocycles. The van der Waals surface area contributed by atoms with Crippen molar-refractivity contribution in [2.45, 2.75) is 26.3 Å². The highest BCUT2D eigenvalue weighted by molar-refractivity contribution is 5.98. The Bertz CT molecular complexity index is 446. The number of carbonyl (C=O) groups is 2. The molecule has 0 radical (unpaired) electrons. The zero-order valence-electron chi connectivity index (χ0n) is 11.5. The van der Waals surface area contributed by atoms with Crippen LogP contribution in [-0.2, 0) is 4.79 Å². The van der Waals surface area contributed by atoms with Gasteiger partial charge in [0.25, 0.3) is 5.91 Å². The Morgan fingerprint density at radius 1 is 1.37 bits per heavy atom. The van der Waals surface area contributed by atoms with E-state index in [1.807, 2.05) is 13.8 Å². The first-order chi connectivity index (χ1) is 9.04. The summed E-state index contributed by atoms with van der Waals surface area (Å²) >= 11 is 0. The molecule has 2 amide bonds. The summed E-state index contributed by atoms with van der Waals surface area (Å²) in [5.74, 6) is 0.205. The molecular weight excluding hydrogens is 244 g/mol. The molecule has 0 aliphatic heterocycles. The molecule has 0 saturated carbocycles. The minimum absolute atomic E-state index is 0.0738. The van der Waals surface area contributed by atoms with Crippen molar-refractivity contribution in [2.24, 2.45) is 0 Å². The van der Waals surface area contributed by atoms with Gasteiger partial charge in [0.1, 0.15) is 5.82 Å². The van der Waals surface area contributed by atoms with Gasteiger partial charge in [-0.2, -0.15) is 0 Å². The van der Waals surface area contributed by atoms with Crippen LogP contribution in [0.1, 0.15) is 30.6 Å². The maximum absolute atomic E-state index is 11.9. The second-order valence-corrected chi connectivity index (χ2v) is 4.38. The summed E-state index contributed by atoms with van der Waals surface area (Å²) in [6, 6.07) is 3.49. The number of nitrogens with zero attached hydrogens (tertiary/aromatic N) is 1. The molecule has 0 aliphatic rings. The Labute approximate surface area is 113 Å². The summed E-state index contributed by atoms with van der Waals surface area (Å²) in [4.78, 5) is 27.4. The van der Waals surface area contributed by atoms with Crippen molar-refractivity contribution in [1.82, 2.24) is 15.6 Å². The number of carbonyl (C=O) groups excluding carboxylic acids is 2. The van der Waals surface area contributed by atoms with Gasteiger partial charge in [0, 0.05) is 32.3 Å². The summed E-state index contributed by atoms with van der Waals surface area (Å²) in [7, 11) is 1.70. The van der Waals surface area contributed by atoms with Crippen molar-refractivity contribution >= 4 is 17.6 Å². The minimum Gasteiger partial charge on any atom is -0.372 e. The van der Waals surface area contributed by atoms with Gasteiger partial charge in [0.05, 0.1) is 5.56 Å². The van der Waals surface area contributed by atoms with E-state index < -0.39 is 0 Å². The monoisotopic (exact) mass is 264 g/mol. The van der Waals surface area contributed by atoms with Crippen LogP contribution in [0.3, 0.4) is 0 Å². The molecule has 6 nitrogen and oxygen atoms in total. The first-order valence-electron chi connectivity index (χ1n) is 6.25. The number of pyridine rings is 1. The number of hydrogen-bond donors (Lipinski definition) is 3. The SMILES string of the molecule is CNc1ncccc1C(=O)NCCC(=O)NC(C)C. The number of rotatable bonds is 6. The van der Waals surface area contributed by atoms with Gasteiger partial charge in [-0.3, -0.25) is 9.59 Å². The van der Waals surface area contributed by atoms with E-state index >= 15 is 0 Å². The van der Waals surface area contributed by atoms with Gasteiger partial charge >= 0.3 is 0 Å². The fraction of sp³-hybridized carbons (Fsp3) is 0.462. The van der Waals surface area contributed by atoms with E-state index in [0.29, 0.717) is 17.9 Å². The van der Waals surface area contributed by atoms with Gasteiger partial charge in [0.15, 0.2) is 0 Å². The molecule has 0 aromatic carbocycles. The van der Waals surface area contributed by atoms with Crippen LogP contribution in [0.15, 0.2) is 18.3 Å². The van der Waals surface area contributed by atoms with Crippen LogP contribution in [0.5, 0.6) is 0 Å². The zero-order valence-corrected chi connectivity index (χ0v) is 11.5. The zero-order chi connectivity index (χ0) is 14.3. The average Bonchev–Trinajstić information content (AvgIpc) is 2.37. The molecule has 19 heavy (non-hydrogen) atoms. The average molecular weight is 264 g/mol. The molecule has 0 spiro atoms. The van der Waals surface area contributed by atoms with Crippen LogP contribution in [0, 0.1) is 0 Å². The third-order valence-corrected chi connectivity index (χ3v) is 2.38. The number of nitrogens with one attached hydrogen (secondary N) is 3. The lowest BCUT2D eigenvalue weighted by Crippen LogP contribution is -2.34. The molecule has 0 saturated heterocycles. The topological polar surface area (TPSA) is 83.1 Å². The Hall–Kier alpha value is -2.11. The summed E-state index contributed by atoms with van der Waals surface area (Å²) < 4.78 is 0. The summed E-state index contributed by atoms with van der Waals surface area (Å²) in [6.45, 7) is 4.09. The predicted octanol–water partition coefficient (Wildman–Crippen LogP) is 0.768. The smallest absolute Gasteiger partial charge is 0.255 e. The van der Waals surface area contributed by atoms with Crippen molar-refractivity contribution in [3.8, 4) is 0 Å². The van der Waals surface area contributed by atoms with E-state index in [2.05, 4.69) is 20.9 Å². The molecule has 104 valence electrons. The number of amides is 2. The highest BCUT2D eigenvalue weighted by atomic mass is 16.2. The first kappa shape index (κ1) is 14.9. The third-order valence-electron chi connectivity index (χ3n) is 2.38. The van der Waals surface area contributed by atoms with Crippen LogP contribution in [0.25, 0.3) is 0 Å². The molecule has 1 aromatic rings. The van der Waals surface area contributed by atoms with Crippen molar-refractivity contribution in [3.05, 3.63) is 23.9 Å². The largest absolute Gasteiger partial charge is 0.372 e. The summed E-state index contributed by atoms with van der Waals surface area (Å²) in [5.41, 5.74) is 0.467. The molecular formula is C13H20N4O2. The van der Waals surface area contributed by atoms with Crippen molar-refractivity contribution in [3.63, 3.8) is 0 Å². The number of hydrogen-bond acceptors (Lipinski definition) is 4. The van der Waals surface area contributed by atoms with Gasteiger partial charge in [-0.1, -0.05) is 0 Å². The highest BCUT2D eigenvalue weighted by Crippen LogP contribution is 2.09. The van der Waals surface area contributed by atoms with E-state index in [0.717, 1.165) is 0 Å². The van der Waals surface area contributed by atoms with Gasteiger partial charge < -0.3 is 16.0 Å². The van der Waals surface area contributed by atoms with Gasteiger partial charge in [-0.05, 0) is 26.0 Å². The van der Waals surface area contributed by atoms with E-state index in [1.54, 1.807) is 25.4 Å². The Morgan fingerprint density at radius 2 is 2.11 bits per heavy atom. The van der Waals surface area contributed by atoms with Gasteiger partial charge in [-0.15, -0.1) is 0 Å². The molecule has 3 N–H and O–H groups in total. The standard InChI is InChI=1S/C13H20N4O2/c1-9(2)17-11(18)6-8-16-13(19)10-5-4-7-15-12(10)14-3/h4-5,7,9H,6,8H2,1-3H3,(H,14,15)(H,16,19)(H,17,18). The fourth-order valence-corrected chi connectivity index (χ4v) is 1.57. The lowest BCUT2D eigenvalue weighted by Gasteiger charge is -2.10. The van der Waals surface area contributed by atoms with Crippen molar-refractivity contribution in [1.29, 1.82) is 0 Å². The van der Waals surface area contributed by atoms with Gasteiger partial charge in [0.2, 0.25) is 5.91 Å².